The van der Waals surface area contributed by atoms with Crippen LogP contribution >= 0.6 is 0 Å². The van der Waals surface area contributed by atoms with E-state index in [1.54, 1.807) is 20.8 Å². The van der Waals surface area contributed by atoms with Gasteiger partial charge in [-0.15, -0.1) is 0 Å². The molecule has 0 aliphatic carbocycles. The molecule has 6 amide bonds. The fourth-order valence-electron chi connectivity index (χ4n) is 12.7. The molecule has 0 aromatic carbocycles. The van der Waals surface area contributed by atoms with E-state index in [2.05, 4.69) is 31.9 Å². The summed E-state index contributed by atoms with van der Waals surface area (Å²) in [6.07, 6.45) is 26.9. The zero-order chi connectivity index (χ0) is 85.7. The van der Waals surface area contributed by atoms with Crippen molar-refractivity contribution in [2.45, 2.75) is 335 Å². The molecule has 0 aliphatic rings. The van der Waals surface area contributed by atoms with Crippen molar-refractivity contribution < 1.29 is 111 Å². The number of aliphatic carboxylic acids is 4. The lowest BCUT2D eigenvalue weighted by Crippen LogP contribution is -2.41. The molecule has 0 fully saturated rings. The number of carboxylic acids is 4. The third kappa shape index (κ3) is 66.5. The minimum absolute atomic E-state index is 0.0120. The number of hydrogen-bond acceptors (Lipinski definition) is 21. The summed E-state index contributed by atoms with van der Waals surface area (Å²) < 4.78 is 21.7. The maximum atomic E-state index is 13.8. The summed E-state index contributed by atoms with van der Waals surface area (Å²) in [7, 11) is 0. The number of carboxylic acid groups (broad SMARTS) is 4. The average molecular weight is 1640 g/mol. The summed E-state index contributed by atoms with van der Waals surface area (Å²) in [4.78, 5) is 184. The van der Waals surface area contributed by atoms with Gasteiger partial charge in [-0.25, -0.2) is 4.79 Å². The van der Waals surface area contributed by atoms with Crippen LogP contribution in [0.2, 0.25) is 0 Å². The minimum atomic E-state index is -1.22. The van der Waals surface area contributed by atoms with Gasteiger partial charge in [-0.2, -0.15) is 0 Å². The monoisotopic (exact) mass is 1640 g/mol. The molecule has 31 nitrogen and oxygen atoms in total. The molecule has 14 N–H and O–H groups in total. The molecule has 662 valence electrons. The molecule has 0 heterocycles. The number of amides is 6. The maximum absolute atomic E-state index is 13.8. The number of carbonyl (C=O) groups is 15. The van der Waals surface area contributed by atoms with E-state index < -0.39 is 65.2 Å². The van der Waals surface area contributed by atoms with Crippen molar-refractivity contribution in [3.8, 4) is 0 Å². The molecule has 0 unspecified atom stereocenters. The van der Waals surface area contributed by atoms with Crippen LogP contribution in [0.15, 0.2) is 0 Å². The average Bonchev–Trinajstić information content (AvgIpc) is 0.864. The first kappa shape index (κ1) is 108. The van der Waals surface area contributed by atoms with Gasteiger partial charge in [-0.05, 0) is 103 Å². The van der Waals surface area contributed by atoms with Gasteiger partial charge in [0.1, 0.15) is 42.4 Å². The Labute approximate surface area is 683 Å². The first-order chi connectivity index (χ1) is 54.9. The van der Waals surface area contributed by atoms with E-state index in [0.717, 1.165) is 103 Å². The molecule has 0 aliphatic heterocycles. The van der Waals surface area contributed by atoms with Crippen LogP contribution in [0.5, 0.6) is 0 Å². The van der Waals surface area contributed by atoms with Crippen LogP contribution in [0.1, 0.15) is 317 Å². The van der Waals surface area contributed by atoms with Crippen LogP contribution in [0.4, 0.5) is 0 Å². The van der Waals surface area contributed by atoms with Crippen molar-refractivity contribution in [1.29, 1.82) is 0 Å². The van der Waals surface area contributed by atoms with E-state index >= 15 is 0 Å². The van der Waals surface area contributed by atoms with E-state index in [9.17, 15) is 82.1 Å². The van der Waals surface area contributed by atoms with Gasteiger partial charge in [-0.1, -0.05) is 149 Å². The Morgan fingerprint density at radius 2 is 0.704 bits per heavy atom. The predicted molar refractivity (Wildman–Crippen MR) is 435 cm³/mol. The molecular formula is C84H148N8O23. The highest BCUT2D eigenvalue weighted by Gasteiger charge is 2.31. The Bertz CT molecular complexity index is 2790. The highest BCUT2D eigenvalue weighted by atomic mass is 16.5. The number of nitrogens with one attached hydrogen (secondary N) is 6. The van der Waals surface area contributed by atoms with Crippen LogP contribution in [0, 0.1) is 23.2 Å². The first-order valence-electron chi connectivity index (χ1n) is 42.9. The van der Waals surface area contributed by atoms with Gasteiger partial charge in [0.05, 0.1) is 57.6 Å². The summed E-state index contributed by atoms with van der Waals surface area (Å²) >= 11 is 0. The predicted octanol–water partition coefficient (Wildman–Crippen LogP) is 9.43. The van der Waals surface area contributed by atoms with Gasteiger partial charge in [0.2, 0.25) is 35.4 Å². The zero-order valence-corrected chi connectivity index (χ0v) is 70.2. The second-order valence-electron chi connectivity index (χ2n) is 31.5. The Kier molecular flexibility index (Phi) is 66.5. The molecule has 115 heavy (non-hydrogen) atoms. The van der Waals surface area contributed by atoms with E-state index in [4.69, 9.17) is 40.6 Å². The van der Waals surface area contributed by atoms with Crippen molar-refractivity contribution in [3.05, 3.63) is 0 Å². The van der Waals surface area contributed by atoms with Crippen LogP contribution in [-0.2, 0) is 90.9 Å². The second kappa shape index (κ2) is 71.0. The number of rotatable bonds is 82. The van der Waals surface area contributed by atoms with Crippen LogP contribution in [0.25, 0.3) is 0 Å². The van der Waals surface area contributed by atoms with Crippen molar-refractivity contribution in [1.82, 2.24) is 31.9 Å². The van der Waals surface area contributed by atoms with Gasteiger partial charge in [-0.3, -0.25) is 67.1 Å². The number of ether oxygens (including phenoxy) is 4. The van der Waals surface area contributed by atoms with E-state index in [0.29, 0.717) is 142 Å². The van der Waals surface area contributed by atoms with Crippen molar-refractivity contribution in [2.75, 3.05) is 85.6 Å². The standard InChI is InChI=1S/C84H148N8O23/c1-63(93)64(34-28-31-48-90-80(106)69(85)38-24-21-23-37-68(95)61-114-56-54-112-52-50-88-74(98)45-43-66(82(108)109)58-67(94)36-22-17-13-9-5-7-11-15-19-26-41-78(102)103)59-72(96)65(60-73(97)84(2,3)4)35-29-32-49-91-81(107)70(86)39-30-33-47-87-77(101)62-115-57-55-113-53-51-89-75(99)46-44-71(83(110)111)92-76(100)40-25-18-14-10-6-8-12-16-20-27-42-79(104)105/h64-66,69-71H,5-62,85-86H2,1-4H3,(H,87,101)(H,88,98)(H,89,99)(H,90,106)(H,91,107)(H,92,100)(H,102,103)(H,104,105)(H,108,109)(H,110,111)/t64-,65-,66-,69+,70+,71+/m1/s1. The molecular weight excluding hydrogens is 1490 g/mol. The Morgan fingerprint density at radius 1 is 0.322 bits per heavy atom. The number of unbranched alkanes of at least 4 members (excludes halogenated alkanes) is 23. The quantitative estimate of drug-likeness (QED) is 0.0252. The number of nitrogens with two attached hydrogens (primary N) is 2. The lowest BCUT2D eigenvalue weighted by molar-refractivity contribution is -0.144. The molecule has 0 spiro atoms. The SMILES string of the molecule is CC(=O)[C@H](CCCCNC(=O)[C@@H](N)CCCCCC(=O)COCCOCCNC(=O)CC[C@H](CC(=O)CCCCCCCCCCCCC(=O)O)C(=O)O)CC(=O)[C@H](CCCCNC(=O)[C@@H](N)CCCCNC(=O)COCCOCCNC(=O)CC[C@H](NC(=O)CCCCCCCCCCCCC(=O)O)C(=O)O)CC(=O)C(C)(C)C. The number of ketones is 5. The van der Waals surface area contributed by atoms with Crippen molar-refractivity contribution >= 4 is 88.2 Å². The minimum Gasteiger partial charge on any atom is -0.481 e. The van der Waals surface area contributed by atoms with Crippen LogP contribution in [-0.4, -0.2) is 212 Å². The van der Waals surface area contributed by atoms with Gasteiger partial charge >= 0.3 is 23.9 Å². The molecule has 0 saturated carbocycles. The molecule has 0 rings (SSSR count). The van der Waals surface area contributed by atoms with Crippen molar-refractivity contribution in [3.63, 3.8) is 0 Å². The molecule has 0 aromatic rings. The van der Waals surface area contributed by atoms with E-state index in [1.807, 2.05) is 0 Å². The first-order valence-corrected chi connectivity index (χ1v) is 42.9. The highest BCUT2D eigenvalue weighted by molar-refractivity contribution is 5.93. The Morgan fingerprint density at radius 3 is 1.16 bits per heavy atom. The molecule has 6 atom stereocenters. The van der Waals surface area contributed by atoms with Gasteiger partial charge in [0.15, 0.2) is 5.78 Å². The fourth-order valence-corrected chi connectivity index (χ4v) is 12.7. The van der Waals surface area contributed by atoms with Gasteiger partial charge < -0.3 is 82.7 Å². The number of carbonyl (C=O) groups excluding carboxylic acids is 11. The normalized spacial score (nSPS) is 13.0. The molecule has 0 saturated heterocycles. The Hall–Kier alpha value is -7.19. The fraction of sp³-hybridized carbons (Fsp3) is 0.821. The Balaban J connectivity index is 4.30. The van der Waals surface area contributed by atoms with Crippen LogP contribution < -0.4 is 43.4 Å². The lowest BCUT2D eigenvalue weighted by atomic mass is 9.79. The zero-order valence-electron chi connectivity index (χ0n) is 70.2. The topological polar surface area (TPSA) is 498 Å². The highest BCUT2D eigenvalue weighted by Crippen LogP contribution is 2.27. The largest absolute Gasteiger partial charge is 0.481 e. The summed E-state index contributed by atoms with van der Waals surface area (Å²) in [5, 5.41) is 52.9. The number of Topliss-reactive ketones (excluding diaryl/α,β-unsaturated/α-hetero) is 5. The second-order valence-corrected chi connectivity index (χ2v) is 31.5. The van der Waals surface area contributed by atoms with E-state index in [1.165, 1.54) is 6.92 Å². The molecule has 0 bridgehead atoms. The van der Waals surface area contributed by atoms with E-state index in [-0.39, 0.29) is 195 Å². The van der Waals surface area contributed by atoms with Gasteiger partial charge in [0, 0.05) is 114 Å². The smallest absolute Gasteiger partial charge is 0.326 e. The van der Waals surface area contributed by atoms with Gasteiger partial charge in [0.25, 0.3) is 0 Å². The molecule has 31 heteroatoms. The summed E-state index contributed by atoms with van der Waals surface area (Å²) in [5.74, 6) is -8.58. The third-order valence-corrected chi connectivity index (χ3v) is 20.1. The number of hydrogen-bond donors (Lipinski definition) is 12. The van der Waals surface area contributed by atoms with Crippen LogP contribution in [0.3, 0.4) is 0 Å². The van der Waals surface area contributed by atoms with Crippen molar-refractivity contribution in [2.24, 2.45) is 34.6 Å². The molecule has 0 aromatic heterocycles. The summed E-state index contributed by atoms with van der Waals surface area (Å²) in [6.45, 7) is 8.88. The third-order valence-electron chi connectivity index (χ3n) is 20.1. The molecule has 0 radical (unpaired) electrons. The summed E-state index contributed by atoms with van der Waals surface area (Å²) in [5.41, 5.74) is 11.7. The maximum Gasteiger partial charge on any atom is 0.326 e. The lowest BCUT2D eigenvalue weighted by Gasteiger charge is -2.23. The summed E-state index contributed by atoms with van der Waals surface area (Å²) in [6, 6.07) is -2.71.